The highest BCUT2D eigenvalue weighted by Gasteiger charge is 2.17. The van der Waals surface area contributed by atoms with Crippen LogP contribution in [0.4, 0.5) is 10.1 Å². The number of carbonyl (C=O) groups excluding carboxylic acids is 1. The first-order valence-corrected chi connectivity index (χ1v) is 5.83. The van der Waals surface area contributed by atoms with Crippen LogP contribution in [0.3, 0.4) is 0 Å². The molecule has 2 N–H and O–H groups in total. The highest BCUT2D eigenvalue weighted by Crippen LogP contribution is 2.32. The number of amides is 1. The number of ether oxygens (including phenoxy) is 2. The summed E-state index contributed by atoms with van der Waals surface area (Å²) in [6, 6.07) is 8.20. The fourth-order valence-electron chi connectivity index (χ4n) is 1.84. The Bertz CT molecular complexity index is 687. The Morgan fingerprint density at radius 3 is 2.75 bits per heavy atom. The summed E-state index contributed by atoms with van der Waals surface area (Å²) in [5.74, 6) is -0.350. The van der Waals surface area contributed by atoms with Gasteiger partial charge in [-0.25, -0.2) is 4.39 Å². The fourth-order valence-corrected chi connectivity index (χ4v) is 1.84. The van der Waals surface area contributed by atoms with Gasteiger partial charge in [0.2, 0.25) is 6.79 Å². The van der Waals surface area contributed by atoms with E-state index in [0.717, 1.165) is 6.07 Å². The maximum Gasteiger partial charge on any atom is 0.255 e. The van der Waals surface area contributed by atoms with Gasteiger partial charge in [0.15, 0.2) is 11.5 Å². The van der Waals surface area contributed by atoms with Gasteiger partial charge in [-0.1, -0.05) is 0 Å². The van der Waals surface area contributed by atoms with Crippen molar-refractivity contribution in [1.29, 1.82) is 0 Å². The second-order valence-electron chi connectivity index (χ2n) is 4.19. The number of nitrogens with one attached hydrogen (secondary N) is 1. The zero-order valence-electron chi connectivity index (χ0n) is 10.2. The molecule has 0 saturated heterocycles. The molecule has 1 heterocycles. The molecule has 0 atom stereocenters. The number of anilines is 1. The second-order valence-corrected chi connectivity index (χ2v) is 4.19. The Kier molecular flexibility index (Phi) is 2.90. The Balaban J connectivity index is 1.82. The summed E-state index contributed by atoms with van der Waals surface area (Å²) in [6.07, 6.45) is 0. The van der Waals surface area contributed by atoms with Crippen LogP contribution in [0.15, 0.2) is 36.4 Å². The van der Waals surface area contributed by atoms with Crippen molar-refractivity contribution in [2.24, 2.45) is 0 Å². The smallest absolute Gasteiger partial charge is 0.255 e. The van der Waals surface area contributed by atoms with Gasteiger partial charge in [0.05, 0.1) is 5.69 Å². The van der Waals surface area contributed by atoms with Crippen LogP contribution in [0, 0.1) is 5.82 Å². The average Bonchev–Trinajstić information content (AvgIpc) is 2.89. The average molecular weight is 275 g/mol. The molecule has 1 amide bonds. The number of fused-ring (bicyclic) bond motifs is 1. The summed E-state index contributed by atoms with van der Waals surface area (Å²) in [4.78, 5) is 12.0. The zero-order chi connectivity index (χ0) is 14.1. The third kappa shape index (κ3) is 2.23. The van der Waals surface area contributed by atoms with E-state index >= 15 is 0 Å². The highest BCUT2D eigenvalue weighted by molar-refractivity contribution is 6.04. The van der Waals surface area contributed by atoms with Gasteiger partial charge in [-0.05, 0) is 30.3 Å². The number of carbonyl (C=O) groups is 1. The van der Waals surface area contributed by atoms with Crippen molar-refractivity contribution in [3.05, 3.63) is 47.8 Å². The number of phenolic OH excluding ortho intramolecular Hbond substituents is 1. The minimum Gasteiger partial charge on any atom is -0.508 e. The Hall–Kier alpha value is -2.76. The SMILES string of the molecule is O=C(Nc1ccc(O)cc1F)c1ccc2c(c1)OCO2. The number of benzene rings is 2. The minimum atomic E-state index is -0.709. The Labute approximate surface area is 113 Å². The van der Waals surface area contributed by atoms with Crippen molar-refractivity contribution < 1.29 is 23.8 Å². The maximum atomic E-state index is 13.5. The van der Waals surface area contributed by atoms with E-state index in [2.05, 4.69) is 5.32 Å². The molecular formula is C14H10FNO4. The minimum absolute atomic E-state index is 0.00883. The molecule has 0 spiro atoms. The van der Waals surface area contributed by atoms with E-state index in [4.69, 9.17) is 14.6 Å². The third-order valence-corrected chi connectivity index (χ3v) is 2.84. The molecule has 0 aliphatic carbocycles. The van der Waals surface area contributed by atoms with Gasteiger partial charge in [-0.3, -0.25) is 4.79 Å². The van der Waals surface area contributed by atoms with Gasteiger partial charge >= 0.3 is 0 Å². The normalized spacial score (nSPS) is 12.2. The van der Waals surface area contributed by atoms with E-state index in [-0.39, 0.29) is 18.2 Å². The van der Waals surface area contributed by atoms with Crippen LogP contribution < -0.4 is 14.8 Å². The predicted octanol–water partition coefficient (Wildman–Crippen LogP) is 2.51. The molecule has 102 valence electrons. The molecule has 0 bridgehead atoms. The van der Waals surface area contributed by atoms with Crippen LogP contribution in [0.2, 0.25) is 0 Å². The van der Waals surface area contributed by atoms with Crippen molar-refractivity contribution >= 4 is 11.6 Å². The number of halogens is 1. The van der Waals surface area contributed by atoms with Crippen molar-refractivity contribution in [2.45, 2.75) is 0 Å². The molecule has 0 aromatic heterocycles. The lowest BCUT2D eigenvalue weighted by atomic mass is 10.2. The topological polar surface area (TPSA) is 67.8 Å². The molecule has 5 nitrogen and oxygen atoms in total. The first-order chi connectivity index (χ1) is 9.63. The van der Waals surface area contributed by atoms with E-state index in [1.54, 1.807) is 12.1 Å². The molecule has 1 aliphatic rings. The summed E-state index contributed by atoms with van der Waals surface area (Å²) in [5, 5.41) is 11.5. The van der Waals surface area contributed by atoms with E-state index in [0.29, 0.717) is 17.1 Å². The van der Waals surface area contributed by atoms with Gasteiger partial charge in [-0.15, -0.1) is 0 Å². The number of phenols is 1. The molecule has 1 aliphatic heterocycles. The van der Waals surface area contributed by atoms with Crippen LogP contribution in [-0.4, -0.2) is 17.8 Å². The fraction of sp³-hybridized carbons (Fsp3) is 0.0714. The first-order valence-electron chi connectivity index (χ1n) is 5.83. The van der Waals surface area contributed by atoms with E-state index in [1.807, 2.05) is 0 Å². The van der Waals surface area contributed by atoms with Crippen molar-refractivity contribution in [1.82, 2.24) is 0 Å². The lowest BCUT2D eigenvalue weighted by Gasteiger charge is -2.07. The van der Waals surface area contributed by atoms with Crippen LogP contribution in [-0.2, 0) is 0 Å². The van der Waals surface area contributed by atoms with Crippen LogP contribution in [0.5, 0.6) is 17.2 Å². The van der Waals surface area contributed by atoms with Gasteiger partial charge in [-0.2, -0.15) is 0 Å². The van der Waals surface area contributed by atoms with Crippen LogP contribution in [0.25, 0.3) is 0 Å². The van der Waals surface area contributed by atoms with Gasteiger partial charge in [0.1, 0.15) is 11.6 Å². The molecule has 6 heteroatoms. The first kappa shape index (κ1) is 12.3. The lowest BCUT2D eigenvalue weighted by molar-refractivity contribution is 0.102. The summed E-state index contributed by atoms with van der Waals surface area (Å²) < 4.78 is 23.8. The van der Waals surface area contributed by atoms with Crippen molar-refractivity contribution in [3.8, 4) is 17.2 Å². The summed E-state index contributed by atoms with van der Waals surface area (Å²) in [5.41, 5.74) is 0.312. The number of aromatic hydroxyl groups is 1. The Morgan fingerprint density at radius 2 is 1.95 bits per heavy atom. The molecule has 0 saturated carbocycles. The molecule has 0 unspecified atom stereocenters. The van der Waals surface area contributed by atoms with E-state index in [1.165, 1.54) is 18.2 Å². The summed E-state index contributed by atoms with van der Waals surface area (Å²) in [6.45, 7) is 0.118. The number of rotatable bonds is 2. The second kappa shape index (κ2) is 4.73. The van der Waals surface area contributed by atoms with Gasteiger partial charge < -0.3 is 19.9 Å². The quantitative estimate of drug-likeness (QED) is 0.826. The molecule has 20 heavy (non-hydrogen) atoms. The molecule has 2 aromatic carbocycles. The summed E-state index contributed by atoms with van der Waals surface area (Å²) >= 11 is 0. The molecular weight excluding hydrogens is 265 g/mol. The van der Waals surface area contributed by atoms with Crippen molar-refractivity contribution in [3.63, 3.8) is 0 Å². The molecule has 0 fully saturated rings. The zero-order valence-corrected chi connectivity index (χ0v) is 10.2. The van der Waals surface area contributed by atoms with E-state index < -0.39 is 11.7 Å². The third-order valence-electron chi connectivity index (χ3n) is 2.84. The Morgan fingerprint density at radius 1 is 1.15 bits per heavy atom. The predicted molar refractivity (Wildman–Crippen MR) is 68.6 cm³/mol. The van der Waals surface area contributed by atoms with Crippen molar-refractivity contribution in [2.75, 3.05) is 12.1 Å². The summed E-state index contributed by atoms with van der Waals surface area (Å²) in [7, 11) is 0. The molecule has 3 rings (SSSR count). The van der Waals surface area contributed by atoms with Gasteiger partial charge in [0, 0.05) is 11.6 Å². The van der Waals surface area contributed by atoms with E-state index in [9.17, 15) is 9.18 Å². The van der Waals surface area contributed by atoms with Crippen LogP contribution >= 0.6 is 0 Å². The largest absolute Gasteiger partial charge is 0.508 e. The molecule has 0 radical (unpaired) electrons. The molecule has 2 aromatic rings. The highest BCUT2D eigenvalue weighted by atomic mass is 19.1. The monoisotopic (exact) mass is 275 g/mol. The van der Waals surface area contributed by atoms with Crippen LogP contribution in [0.1, 0.15) is 10.4 Å². The maximum absolute atomic E-state index is 13.5. The number of hydrogen-bond donors (Lipinski definition) is 2. The van der Waals surface area contributed by atoms with Gasteiger partial charge in [0.25, 0.3) is 5.91 Å². The standard InChI is InChI=1S/C14H10FNO4/c15-10-6-9(17)2-3-11(10)16-14(18)8-1-4-12-13(5-8)20-7-19-12/h1-6,17H,7H2,(H,16,18). The number of hydrogen-bond acceptors (Lipinski definition) is 4. The lowest BCUT2D eigenvalue weighted by Crippen LogP contribution is -2.12.